The van der Waals surface area contributed by atoms with Crippen LogP contribution >= 0.6 is 24.0 Å². The number of nitrogens with one attached hydrogen (secondary N) is 2. The molecule has 3 rings (SSSR count). The predicted molar refractivity (Wildman–Crippen MR) is 128 cm³/mol. The first-order chi connectivity index (χ1) is 14.0. The van der Waals surface area contributed by atoms with Crippen LogP contribution in [-0.2, 0) is 23.1 Å². The Balaban J connectivity index is 0.00000320. The zero-order chi connectivity index (χ0) is 20.7. The number of nitrogens with zero attached hydrogens (tertiary/aromatic N) is 2. The van der Waals surface area contributed by atoms with Gasteiger partial charge in [0.2, 0.25) is 10.0 Å². The fourth-order valence-corrected chi connectivity index (χ4v) is 5.12. The van der Waals surface area contributed by atoms with E-state index in [-0.39, 0.29) is 29.8 Å². The summed E-state index contributed by atoms with van der Waals surface area (Å²) in [5, 5.41) is 6.27. The van der Waals surface area contributed by atoms with E-state index in [4.69, 9.17) is 0 Å². The largest absolute Gasteiger partial charge is 0.352 e. The highest BCUT2D eigenvalue weighted by Crippen LogP contribution is 2.23. The van der Waals surface area contributed by atoms with Gasteiger partial charge in [0.05, 0.1) is 4.90 Å². The molecule has 164 valence electrons. The Kier molecular flexibility index (Phi) is 9.50. The number of rotatable bonds is 6. The lowest BCUT2D eigenvalue weighted by atomic mass is 10.2. The van der Waals surface area contributed by atoms with Crippen molar-refractivity contribution in [1.82, 2.24) is 14.9 Å². The van der Waals surface area contributed by atoms with Crippen LogP contribution in [0.1, 0.15) is 30.4 Å². The number of sulfonamides is 1. The van der Waals surface area contributed by atoms with Gasteiger partial charge < -0.3 is 10.6 Å². The van der Waals surface area contributed by atoms with Gasteiger partial charge in [-0.05, 0) is 42.2 Å². The van der Waals surface area contributed by atoms with Crippen LogP contribution < -0.4 is 10.6 Å². The summed E-state index contributed by atoms with van der Waals surface area (Å²) in [5.41, 5.74) is 1.48. The predicted octanol–water partition coefficient (Wildman–Crippen LogP) is 3.48. The molecule has 0 saturated carbocycles. The summed E-state index contributed by atoms with van der Waals surface area (Å²) < 4.78 is 41.1. The third kappa shape index (κ3) is 6.39. The van der Waals surface area contributed by atoms with E-state index in [1.54, 1.807) is 29.6 Å². The van der Waals surface area contributed by atoms with Gasteiger partial charge in [-0.2, -0.15) is 4.31 Å². The highest BCUT2D eigenvalue weighted by molar-refractivity contribution is 14.0. The van der Waals surface area contributed by atoms with Crippen molar-refractivity contribution in [3.05, 3.63) is 65.5 Å². The monoisotopic (exact) mass is 546 g/mol. The van der Waals surface area contributed by atoms with Gasteiger partial charge in [-0.25, -0.2) is 12.8 Å². The summed E-state index contributed by atoms with van der Waals surface area (Å²) in [4.78, 5) is 4.49. The van der Waals surface area contributed by atoms with Crippen LogP contribution in [0, 0.1) is 5.82 Å². The molecule has 1 heterocycles. The maximum absolute atomic E-state index is 13.3. The lowest BCUT2D eigenvalue weighted by molar-refractivity contribution is 0.346. The van der Waals surface area contributed by atoms with Crippen molar-refractivity contribution in [2.45, 2.75) is 37.2 Å². The molecule has 1 saturated heterocycles. The molecule has 0 aromatic heterocycles. The van der Waals surface area contributed by atoms with E-state index in [0.29, 0.717) is 42.6 Å². The Morgan fingerprint density at radius 2 is 1.73 bits per heavy atom. The van der Waals surface area contributed by atoms with Gasteiger partial charge in [-0.3, -0.25) is 4.99 Å². The van der Waals surface area contributed by atoms with Gasteiger partial charge in [-0.1, -0.05) is 36.8 Å². The van der Waals surface area contributed by atoms with Crippen molar-refractivity contribution in [3.63, 3.8) is 0 Å². The van der Waals surface area contributed by atoms with Gasteiger partial charge in [0, 0.05) is 33.2 Å². The third-order valence-corrected chi connectivity index (χ3v) is 6.92. The number of benzene rings is 2. The number of aliphatic imine (C=N–C) groups is 1. The topological polar surface area (TPSA) is 73.8 Å². The van der Waals surface area contributed by atoms with Gasteiger partial charge in [0.15, 0.2) is 5.96 Å². The summed E-state index contributed by atoms with van der Waals surface area (Å²) in [5.74, 6) is 0.225. The molecule has 2 aromatic rings. The van der Waals surface area contributed by atoms with E-state index < -0.39 is 10.0 Å². The summed E-state index contributed by atoms with van der Waals surface area (Å²) in [7, 11) is -1.88. The molecule has 0 aliphatic carbocycles. The number of hydrogen-bond acceptors (Lipinski definition) is 3. The van der Waals surface area contributed by atoms with Crippen LogP contribution in [0.15, 0.2) is 58.4 Å². The van der Waals surface area contributed by atoms with Crippen LogP contribution in [-0.4, -0.2) is 38.8 Å². The minimum Gasteiger partial charge on any atom is -0.352 e. The molecule has 2 N–H and O–H groups in total. The van der Waals surface area contributed by atoms with Crippen LogP contribution in [0.4, 0.5) is 4.39 Å². The zero-order valence-electron chi connectivity index (χ0n) is 17.0. The van der Waals surface area contributed by atoms with E-state index >= 15 is 0 Å². The molecule has 0 unspecified atom stereocenters. The Bertz CT molecular complexity index is 963. The van der Waals surface area contributed by atoms with Crippen LogP contribution in [0.3, 0.4) is 0 Å². The minimum atomic E-state index is -3.52. The van der Waals surface area contributed by atoms with E-state index in [0.717, 1.165) is 24.8 Å². The zero-order valence-corrected chi connectivity index (χ0v) is 20.1. The molecule has 1 aliphatic heterocycles. The molecule has 9 heteroatoms. The van der Waals surface area contributed by atoms with Gasteiger partial charge >= 0.3 is 0 Å². The summed E-state index contributed by atoms with van der Waals surface area (Å²) in [6, 6.07) is 13.4. The smallest absolute Gasteiger partial charge is 0.243 e. The van der Waals surface area contributed by atoms with E-state index in [2.05, 4.69) is 15.6 Å². The van der Waals surface area contributed by atoms with Crippen LogP contribution in [0.5, 0.6) is 0 Å². The second kappa shape index (κ2) is 11.6. The third-order valence-electron chi connectivity index (χ3n) is 4.92. The van der Waals surface area contributed by atoms with Crippen molar-refractivity contribution < 1.29 is 12.8 Å². The minimum absolute atomic E-state index is 0. The van der Waals surface area contributed by atoms with E-state index in [9.17, 15) is 12.8 Å². The Morgan fingerprint density at radius 1 is 1.03 bits per heavy atom. The van der Waals surface area contributed by atoms with Crippen molar-refractivity contribution in [1.29, 1.82) is 0 Å². The quantitative estimate of drug-likeness (QED) is 0.331. The average Bonchev–Trinajstić information content (AvgIpc) is 2.75. The molecule has 1 aliphatic rings. The van der Waals surface area contributed by atoms with Gasteiger partial charge in [-0.15, -0.1) is 24.0 Å². The molecule has 0 radical (unpaired) electrons. The first-order valence-corrected chi connectivity index (χ1v) is 11.2. The fraction of sp³-hybridized carbons (Fsp3) is 0.381. The van der Waals surface area contributed by atoms with Crippen molar-refractivity contribution in [2.24, 2.45) is 4.99 Å². The number of piperidine rings is 1. The molecule has 0 bridgehead atoms. The molecule has 0 atom stereocenters. The normalized spacial score (nSPS) is 15.3. The Morgan fingerprint density at radius 3 is 2.43 bits per heavy atom. The van der Waals surface area contributed by atoms with Crippen molar-refractivity contribution >= 4 is 40.0 Å². The second-order valence-electron chi connectivity index (χ2n) is 6.98. The van der Waals surface area contributed by atoms with Crippen LogP contribution in [0.25, 0.3) is 0 Å². The Hall–Kier alpha value is -1.72. The molecular formula is C21H28FIN4O2S. The lowest BCUT2D eigenvalue weighted by Crippen LogP contribution is -2.38. The second-order valence-corrected chi connectivity index (χ2v) is 8.89. The molecular weight excluding hydrogens is 518 g/mol. The van der Waals surface area contributed by atoms with Gasteiger partial charge in [0.1, 0.15) is 5.82 Å². The molecule has 0 amide bonds. The first-order valence-electron chi connectivity index (χ1n) is 9.78. The highest BCUT2D eigenvalue weighted by atomic mass is 127. The molecule has 1 fully saturated rings. The fourth-order valence-electron chi connectivity index (χ4n) is 3.38. The summed E-state index contributed by atoms with van der Waals surface area (Å²) in [6.07, 6.45) is 2.87. The Labute approximate surface area is 195 Å². The molecule has 30 heavy (non-hydrogen) atoms. The maximum Gasteiger partial charge on any atom is 0.243 e. The highest BCUT2D eigenvalue weighted by Gasteiger charge is 2.27. The first kappa shape index (κ1) is 24.5. The molecule has 6 nitrogen and oxygen atoms in total. The van der Waals surface area contributed by atoms with Crippen molar-refractivity contribution in [3.8, 4) is 0 Å². The number of halogens is 2. The van der Waals surface area contributed by atoms with Crippen molar-refractivity contribution in [2.75, 3.05) is 20.1 Å². The molecule has 2 aromatic carbocycles. The maximum atomic E-state index is 13.3. The summed E-state index contributed by atoms with van der Waals surface area (Å²) in [6.45, 7) is 1.86. The SMILES string of the molecule is CN=C(NCc1cccc(F)c1)NCc1ccccc1S(=O)(=O)N1CCCCC1.I. The number of guanidine groups is 1. The summed E-state index contributed by atoms with van der Waals surface area (Å²) >= 11 is 0. The van der Waals surface area contributed by atoms with Gasteiger partial charge in [0.25, 0.3) is 0 Å². The standard InChI is InChI=1S/C21H27FN4O2S.HI/c1-23-21(24-15-17-8-7-10-19(22)14-17)25-16-18-9-3-4-11-20(18)29(27,28)26-12-5-2-6-13-26;/h3-4,7-11,14H,2,5-6,12-13,15-16H2,1H3,(H2,23,24,25);1H. The lowest BCUT2D eigenvalue weighted by Gasteiger charge is -2.27. The molecule has 0 spiro atoms. The average molecular weight is 546 g/mol. The number of hydrogen-bond donors (Lipinski definition) is 2. The van der Waals surface area contributed by atoms with E-state index in [1.165, 1.54) is 12.1 Å². The van der Waals surface area contributed by atoms with E-state index in [1.807, 2.05) is 18.2 Å². The van der Waals surface area contributed by atoms with Crippen LogP contribution in [0.2, 0.25) is 0 Å².